The molecule has 0 radical (unpaired) electrons. The van der Waals surface area contributed by atoms with Crippen molar-refractivity contribution in [3.63, 3.8) is 0 Å². The highest BCUT2D eigenvalue weighted by Gasteiger charge is 2.02. The van der Waals surface area contributed by atoms with E-state index in [1.807, 2.05) is 36.4 Å². The summed E-state index contributed by atoms with van der Waals surface area (Å²) in [5.74, 6) is 0.0383. The van der Waals surface area contributed by atoms with Crippen molar-refractivity contribution in [2.24, 2.45) is 11.5 Å². The Bertz CT molecular complexity index is 657. The number of rotatable bonds is 9. The van der Waals surface area contributed by atoms with Gasteiger partial charge < -0.3 is 22.1 Å². The molecule has 128 valence electrons. The summed E-state index contributed by atoms with van der Waals surface area (Å²) in [6.07, 6.45) is 0.452. The van der Waals surface area contributed by atoms with Crippen molar-refractivity contribution < 1.29 is 4.79 Å². The molecule has 2 aromatic carbocycles. The van der Waals surface area contributed by atoms with E-state index in [1.54, 1.807) is 0 Å². The Labute approximate surface area is 143 Å². The lowest BCUT2D eigenvalue weighted by Crippen LogP contribution is -2.27. The minimum absolute atomic E-state index is 0.0383. The third-order valence-corrected chi connectivity index (χ3v) is 3.80. The van der Waals surface area contributed by atoms with Gasteiger partial charge >= 0.3 is 0 Å². The molecule has 0 spiro atoms. The van der Waals surface area contributed by atoms with Crippen molar-refractivity contribution in [3.8, 4) is 0 Å². The Hall–Kier alpha value is -2.21. The number of nitrogens with one attached hydrogen (secondary N) is 2. The van der Waals surface area contributed by atoms with E-state index in [9.17, 15) is 4.79 Å². The van der Waals surface area contributed by atoms with Gasteiger partial charge in [-0.15, -0.1) is 0 Å². The normalized spacial score (nSPS) is 10.6. The number of carbonyl (C=O) groups excluding carboxylic acids is 1. The summed E-state index contributed by atoms with van der Waals surface area (Å²) in [6.45, 7) is 2.96. The summed E-state index contributed by atoms with van der Waals surface area (Å²) in [5, 5.41) is 6.21. The number of benzene rings is 2. The third-order valence-electron chi connectivity index (χ3n) is 3.80. The van der Waals surface area contributed by atoms with Crippen LogP contribution in [0.4, 0.5) is 0 Å². The zero-order valence-corrected chi connectivity index (χ0v) is 13.9. The number of hydrogen-bond donors (Lipinski definition) is 4. The quantitative estimate of drug-likeness (QED) is 0.524. The molecule has 0 aromatic heterocycles. The molecule has 5 heteroatoms. The standard InChI is InChI=1S/C19H26N4O/c20-11-15-3-1-5-17(9-15)13-22-8-7-19(24)23-14-18-6-2-4-16(10-18)12-21/h1-6,9-10,22H,7-8,11-14,20-21H2,(H,23,24). The Morgan fingerprint density at radius 1 is 0.833 bits per heavy atom. The minimum atomic E-state index is 0.0383. The Morgan fingerprint density at radius 3 is 1.96 bits per heavy atom. The zero-order valence-electron chi connectivity index (χ0n) is 13.9. The lowest BCUT2D eigenvalue weighted by Gasteiger charge is -2.08. The van der Waals surface area contributed by atoms with Gasteiger partial charge in [0.25, 0.3) is 0 Å². The average Bonchev–Trinajstić information content (AvgIpc) is 2.64. The van der Waals surface area contributed by atoms with E-state index in [0.717, 1.165) is 23.2 Å². The molecular formula is C19H26N4O. The second kappa shape index (κ2) is 9.82. The van der Waals surface area contributed by atoms with E-state index in [1.165, 1.54) is 5.56 Å². The number of nitrogens with two attached hydrogens (primary N) is 2. The molecule has 2 aromatic rings. The van der Waals surface area contributed by atoms with Crippen LogP contribution in [0.3, 0.4) is 0 Å². The predicted octanol–water partition coefficient (Wildman–Crippen LogP) is 1.40. The largest absolute Gasteiger partial charge is 0.352 e. The van der Waals surface area contributed by atoms with Crippen LogP contribution in [0, 0.1) is 0 Å². The molecule has 0 aliphatic carbocycles. The zero-order chi connectivity index (χ0) is 17.2. The Morgan fingerprint density at radius 2 is 1.38 bits per heavy atom. The van der Waals surface area contributed by atoms with Gasteiger partial charge in [-0.1, -0.05) is 48.5 Å². The first-order chi connectivity index (χ1) is 11.7. The first-order valence-electron chi connectivity index (χ1n) is 8.24. The lowest BCUT2D eigenvalue weighted by molar-refractivity contribution is -0.121. The van der Waals surface area contributed by atoms with E-state index in [0.29, 0.717) is 32.6 Å². The summed E-state index contributed by atoms with van der Waals surface area (Å²) >= 11 is 0. The number of carbonyl (C=O) groups is 1. The Balaban J connectivity index is 1.65. The second-order valence-corrected chi connectivity index (χ2v) is 5.75. The highest BCUT2D eigenvalue weighted by molar-refractivity contribution is 5.76. The summed E-state index contributed by atoms with van der Waals surface area (Å²) in [4.78, 5) is 11.9. The van der Waals surface area contributed by atoms with Crippen LogP contribution in [0.25, 0.3) is 0 Å². The summed E-state index contributed by atoms with van der Waals surface area (Å²) in [5.41, 5.74) is 15.7. The van der Waals surface area contributed by atoms with Crippen LogP contribution in [0.2, 0.25) is 0 Å². The molecule has 0 aliphatic rings. The molecular weight excluding hydrogens is 300 g/mol. The molecule has 0 aliphatic heterocycles. The van der Waals surface area contributed by atoms with E-state index in [4.69, 9.17) is 11.5 Å². The van der Waals surface area contributed by atoms with Crippen LogP contribution < -0.4 is 22.1 Å². The third kappa shape index (κ3) is 6.12. The van der Waals surface area contributed by atoms with E-state index in [2.05, 4.69) is 22.8 Å². The first kappa shape index (κ1) is 18.1. The maximum Gasteiger partial charge on any atom is 0.221 e. The van der Waals surface area contributed by atoms with Gasteiger partial charge in [-0.05, 0) is 22.3 Å². The van der Waals surface area contributed by atoms with Crippen LogP contribution in [-0.4, -0.2) is 12.5 Å². The van der Waals surface area contributed by atoms with Gasteiger partial charge in [-0.25, -0.2) is 0 Å². The molecule has 1 amide bonds. The first-order valence-corrected chi connectivity index (χ1v) is 8.24. The van der Waals surface area contributed by atoms with Crippen LogP contribution in [0.5, 0.6) is 0 Å². The van der Waals surface area contributed by atoms with E-state index >= 15 is 0 Å². The molecule has 0 heterocycles. The van der Waals surface area contributed by atoms with Crippen LogP contribution in [0.15, 0.2) is 48.5 Å². The predicted molar refractivity (Wildman–Crippen MR) is 96.8 cm³/mol. The van der Waals surface area contributed by atoms with Crippen LogP contribution in [-0.2, 0) is 31.0 Å². The molecule has 6 N–H and O–H groups in total. The fourth-order valence-electron chi connectivity index (χ4n) is 2.46. The molecule has 0 atom stereocenters. The maximum absolute atomic E-state index is 11.9. The number of hydrogen-bond acceptors (Lipinski definition) is 4. The smallest absolute Gasteiger partial charge is 0.221 e. The van der Waals surface area contributed by atoms with Crippen molar-refractivity contribution in [2.45, 2.75) is 32.6 Å². The highest BCUT2D eigenvalue weighted by Crippen LogP contribution is 2.05. The van der Waals surface area contributed by atoms with Gasteiger partial charge in [-0.2, -0.15) is 0 Å². The van der Waals surface area contributed by atoms with E-state index < -0.39 is 0 Å². The molecule has 24 heavy (non-hydrogen) atoms. The minimum Gasteiger partial charge on any atom is -0.352 e. The van der Waals surface area contributed by atoms with Crippen molar-refractivity contribution in [1.82, 2.24) is 10.6 Å². The maximum atomic E-state index is 11.9. The van der Waals surface area contributed by atoms with Gasteiger partial charge in [0.2, 0.25) is 5.91 Å². The van der Waals surface area contributed by atoms with Gasteiger partial charge in [0, 0.05) is 39.1 Å². The summed E-state index contributed by atoms with van der Waals surface area (Å²) in [7, 11) is 0. The molecule has 2 rings (SSSR count). The molecule has 0 fully saturated rings. The van der Waals surface area contributed by atoms with Gasteiger partial charge in [0.15, 0.2) is 0 Å². The number of amides is 1. The lowest BCUT2D eigenvalue weighted by atomic mass is 10.1. The molecule has 5 nitrogen and oxygen atoms in total. The van der Waals surface area contributed by atoms with Crippen LogP contribution >= 0.6 is 0 Å². The van der Waals surface area contributed by atoms with Crippen molar-refractivity contribution >= 4 is 5.91 Å². The summed E-state index contributed by atoms with van der Waals surface area (Å²) in [6, 6.07) is 16.1. The van der Waals surface area contributed by atoms with Crippen molar-refractivity contribution in [3.05, 3.63) is 70.8 Å². The molecule has 0 saturated carbocycles. The fourth-order valence-corrected chi connectivity index (χ4v) is 2.46. The Kier molecular flexibility index (Phi) is 7.42. The summed E-state index contributed by atoms with van der Waals surface area (Å²) < 4.78 is 0. The molecule has 0 saturated heterocycles. The monoisotopic (exact) mass is 326 g/mol. The van der Waals surface area contributed by atoms with E-state index in [-0.39, 0.29) is 5.91 Å². The van der Waals surface area contributed by atoms with Gasteiger partial charge in [-0.3, -0.25) is 4.79 Å². The van der Waals surface area contributed by atoms with Crippen LogP contribution in [0.1, 0.15) is 28.7 Å². The SMILES string of the molecule is NCc1cccc(CNCCC(=O)NCc2cccc(CN)c2)c1. The molecule has 0 bridgehead atoms. The van der Waals surface area contributed by atoms with Gasteiger partial charge in [0.1, 0.15) is 0 Å². The van der Waals surface area contributed by atoms with Crippen molar-refractivity contribution in [2.75, 3.05) is 6.54 Å². The molecule has 0 unspecified atom stereocenters. The second-order valence-electron chi connectivity index (χ2n) is 5.75. The average molecular weight is 326 g/mol. The van der Waals surface area contributed by atoms with Crippen molar-refractivity contribution in [1.29, 1.82) is 0 Å². The fraction of sp³-hybridized carbons (Fsp3) is 0.316. The highest BCUT2D eigenvalue weighted by atomic mass is 16.1. The topological polar surface area (TPSA) is 93.2 Å². The van der Waals surface area contributed by atoms with Gasteiger partial charge in [0.05, 0.1) is 0 Å².